The quantitative estimate of drug-likeness (QED) is 0.662. The van der Waals surface area contributed by atoms with Crippen LogP contribution in [-0.2, 0) is 11.2 Å². The molecule has 1 unspecified atom stereocenters. The van der Waals surface area contributed by atoms with Crippen LogP contribution in [0.3, 0.4) is 0 Å². The third-order valence-electron chi connectivity index (χ3n) is 3.21. The maximum atomic E-state index is 13.7. The number of benzene rings is 1. The minimum atomic E-state index is -0.527. The molecule has 1 rings (SSSR count). The van der Waals surface area contributed by atoms with E-state index in [0.717, 1.165) is 45.1 Å². The van der Waals surface area contributed by atoms with Crippen LogP contribution in [-0.4, -0.2) is 25.8 Å². The molecule has 2 nitrogen and oxygen atoms in total. The fourth-order valence-electron chi connectivity index (χ4n) is 2.15. The first kappa shape index (κ1) is 17.1. The van der Waals surface area contributed by atoms with Crippen LogP contribution in [0.5, 0.6) is 0 Å². The number of hydrogen-bond donors (Lipinski definition) is 1. The van der Waals surface area contributed by atoms with Crippen LogP contribution in [0.4, 0.5) is 8.78 Å². The number of hydrogen-bond acceptors (Lipinski definition) is 2. The van der Waals surface area contributed by atoms with Gasteiger partial charge in [-0.05, 0) is 50.8 Å². The molecule has 1 atom stereocenters. The summed E-state index contributed by atoms with van der Waals surface area (Å²) in [5, 5.41) is 3.42. The Labute approximate surface area is 120 Å². The van der Waals surface area contributed by atoms with Gasteiger partial charge in [-0.1, -0.05) is 13.0 Å². The van der Waals surface area contributed by atoms with Crippen LogP contribution in [0.1, 0.15) is 38.7 Å². The first-order chi connectivity index (χ1) is 9.67. The summed E-state index contributed by atoms with van der Waals surface area (Å²) < 4.78 is 31.9. The van der Waals surface area contributed by atoms with Crippen molar-refractivity contribution >= 4 is 0 Å². The monoisotopic (exact) mass is 285 g/mol. The predicted molar refractivity (Wildman–Crippen MR) is 77.9 cm³/mol. The molecule has 0 aliphatic carbocycles. The van der Waals surface area contributed by atoms with Gasteiger partial charge < -0.3 is 10.1 Å². The van der Waals surface area contributed by atoms with Gasteiger partial charge in [-0.2, -0.15) is 0 Å². The van der Waals surface area contributed by atoms with E-state index in [9.17, 15) is 8.78 Å². The molecule has 114 valence electrons. The zero-order valence-corrected chi connectivity index (χ0v) is 12.4. The molecular formula is C16H25F2NO. The van der Waals surface area contributed by atoms with Crippen LogP contribution >= 0.6 is 0 Å². The van der Waals surface area contributed by atoms with Crippen molar-refractivity contribution in [1.82, 2.24) is 5.32 Å². The van der Waals surface area contributed by atoms with Crippen molar-refractivity contribution in [1.29, 1.82) is 0 Å². The Morgan fingerprint density at radius 3 is 2.70 bits per heavy atom. The van der Waals surface area contributed by atoms with E-state index in [1.54, 1.807) is 0 Å². The third-order valence-corrected chi connectivity index (χ3v) is 3.21. The second-order valence-electron chi connectivity index (χ2n) is 4.93. The van der Waals surface area contributed by atoms with E-state index in [4.69, 9.17) is 4.74 Å². The van der Waals surface area contributed by atoms with Crippen LogP contribution < -0.4 is 5.32 Å². The normalized spacial score (nSPS) is 12.6. The fraction of sp³-hybridized carbons (Fsp3) is 0.625. The summed E-state index contributed by atoms with van der Waals surface area (Å²) in [7, 11) is 0. The zero-order chi connectivity index (χ0) is 14.8. The van der Waals surface area contributed by atoms with Crippen LogP contribution in [0.2, 0.25) is 0 Å². The van der Waals surface area contributed by atoms with Crippen LogP contribution in [0, 0.1) is 11.6 Å². The second kappa shape index (κ2) is 9.83. The smallest absolute Gasteiger partial charge is 0.129 e. The van der Waals surface area contributed by atoms with Crippen LogP contribution in [0.15, 0.2) is 18.2 Å². The molecule has 0 bridgehead atoms. The molecule has 1 N–H and O–H groups in total. The molecule has 20 heavy (non-hydrogen) atoms. The summed E-state index contributed by atoms with van der Waals surface area (Å²) in [4.78, 5) is 0. The molecule has 0 saturated carbocycles. The maximum absolute atomic E-state index is 13.7. The third kappa shape index (κ3) is 6.44. The van der Waals surface area contributed by atoms with Crippen molar-refractivity contribution < 1.29 is 13.5 Å². The van der Waals surface area contributed by atoms with Crippen molar-refractivity contribution in [2.75, 3.05) is 19.8 Å². The summed E-state index contributed by atoms with van der Waals surface area (Å²) in [5.41, 5.74) is 0.566. The number of rotatable bonds is 10. The first-order valence-electron chi connectivity index (χ1n) is 7.42. The molecule has 4 heteroatoms. The van der Waals surface area contributed by atoms with E-state index in [2.05, 4.69) is 12.2 Å². The van der Waals surface area contributed by atoms with Gasteiger partial charge in [0, 0.05) is 25.3 Å². The van der Waals surface area contributed by atoms with Crippen molar-refractivity contribution in [2.24, 2.45) is 0 Å². The molecule has 0 aromatic heterocycles. The Morgan fingerprint density at radius 2 is 2.05 bits per heavy atom. The van der Waals surface area contributed by atoms with Crippen molar-refractivity contribution in [3.63, 3.8) is 0 Å². The first-order valence-corrected chi connectivity index (χ1v) is 7.42. The largest absolute Gasteiger partial charge is 0.382 e. The standard InChI is InChI=1S/C16H25F2NO/c1-3-9-19-15(6-5-10-20-4-2)11-13-7-8-14(17)12-16(13)18/h7-8,12,15,19H,3-6,9-11H2,1-2H3. The number of ether oxygens (including phenoxy) is 1. The number of halogens is 2. The van der Waals surface area contributed by atoms with E-state index in [-0.39, 0.29) is 6.04 Å². The average Bonchev–Trinajstić information content (AvgIpc) is 2.43. The van der Waals surface area contributed by atoms with Crippen molar-refractivity contribution in [3.8, 4) is 0 Å². The minimum Gasteiger partial charge on any atom is -0.382 e. The van der Waals surface area contributed by atoms with Crippen molar-refractivity contribution in [2.45, 2.75) is 45.6 Å². The molecule has 1 aromatic carbocycles. The molecular weight excluding hydrogens is 260 g/mol. The topological polar surface area (TPSA) is 21.3 Å². The Balaban J connectivity index is 2.53. The van der Waals surface area contributed by atoms with Gasteiger partial charge in [0.1, 0.15) is 11.6 Å². The van der Waals surface area contributed by atoms with Gasteiger partial charge in [0.05, 0.1) is 0 Å². The molecule has 0 spiro atoms. The molecule has 1 aromatic rings. The van der Waals surface area contributed by atoms with Gasteiger partial charge in [-0.25, -0.2) is 8.78 Å². The highest BCUT2D eigenvalue weighted by molar-refractivity contribution is 5.19. The molecule has 0 aliphatic heterocycles. The highest BCUT2D eigenvalue weighted by Gasteiger charge is 2.12. The Kier molecular flexibility index (Phi) is 8.38. The predicted octanol–water partition coefficient (Wildman–Crippen LogP) is 3.69. The summed E-state index contributed by atoms with van der Waals surface area (Å²) in [6.07, 6.45) is 3.49. The lowest BCUT2D eigenvalue weighted by atomic mass is 10.0. The summed E-state index contributed by atoms with van der Waals surface area (Å²) >= 11 is 0. The fourth-order valence-corrected chi connectivity index (χ4v) is 2.15. The van der Waals surface area contributed by atoms with E-state index in [1.807, 2.05) is 6.92 Å². The molecule has 0 radical (unpaired) electrons. The minimum absolute atomic E-state index is 0.204. The summed E-state index contributed by atoms with van der Waals surface area (Å²) in [6.45, 7) is 6.43. The van der Waals surface area contributed by atoms with Gasteiger partial charge >= 0.3 is 0 Å². The summed E-state index contributed by atoms with van der Waals surface area (Å²) in [5.74, 6) is -0.987. The Bertz CT molecular complexity index is 385. The zero-order valence-electron chi connectivity index (χ0n) is 12.4. The highest BCUT2D eigenvalue weighted by Crippen LogP contribution is 2.14. The van der Waals surface area contributed by atoms with Crippen LogP contribution in [0.25, 0.3) is 0 Å². The lowest BCUT2D eigenvalue weighted by Gasteiger charge is -2.19. The van der Waals surface area contributed by atoms with E-state index in [1.165, 1.54) is 12.1 Å². The molecule has 0 amide bonds. The maximum Gasteiger partial charge on any atom is 0.129 e. The van der Waals surface area contributed by atoms with Gasteiger partial charge in [0.2, 0.25) is 0 Å². The average molecular weight is 285 g/mol. The Morgan fingerprint density at radius 1 is 1.25 bits per heavy atom. The van der Waals surface area contributed by atoms with Gasteiger partial charge in [0.25, 0.3) is 0 Å². The van der Waals surface area contributed by atoms with E-state index in [0.29, 0.717) is 12.0 Å². The van der Waals surface area contributed by atoms with Gasteiger partial charge in [0.15, 0.2) is 0 Å². The molecule has 0 saturated heterocycles. The lowest BCUT2D eigenvalue weighted by molar-refractivity contribution is 0.140. The lowest BCUT2D eigenvalue weighted by Crippen LogP contribution is -2.32. The number of nitrogens with one attached hydrogen (secondary N) is 1. The van der Waals surface area contributed by atoms with Crippen molar-refractivity contribution in [3.05, 3.63) is 35.4 Å². The van der Waals surface area contributed by atoms with Gasteiger partial charge in [-0.3, -0.25) is 0 Å². The van der Waals surface area contributed by atoms with E-state index < -0.39 is 11.6 Å². The highest BCUT2D eigenvalue weighted by atomic mass is 19.1. The second-order valence-corrected chi connectivity index (χ2v) is 4.93. The summed E-state index contributed by atoms with van der Waals surface area (Å²) in [6, 6.07) is 4.01. The SMILES string of the molecule is CCCNC(CCCOCC)Cc1ccc(F)cc1F. The molecule has 0 aliphatic rings. The Hall–Kier alpha value is -1.00. The molecule has 0 fully saturated rings. The van der Waals surface area contributed by atoms with Gasteiger partial charge in [-0.15, -0.1) is 0 Å². The molecule has 0 heterocycles. The van der Waals surface area contributed by atoms with E-state index >= 15 is 0 Å².